The molecule has 3 N–H and O–H groups in total. The van der Waals surface area contributed by atoms with Crippen molar-refractivity contribution in [3.63, 3.8) is 0 Å². The first kappa shape index (κ1) is 21.4. The van der Waals surface area contributed by atoms with Crippen LogP contribution in [0.2, 0.25) is 5.02 Å². The van der Waals surface area contributed by atoms with Gasteiger partial charge in [-0.05, 0) is 54.4 Å². The Labute approximate surface area is 181 Å². The number of halogens is 1. The largest absolute Gasteiger partial charge is 0.356 e. The smallest absolute Gasteiger partial charge is 0.251 e. The Morgan fingerprint density at radius 2 is 1.70 bits per heavy atom. The number of amides is 1. The van der Waals surface area contributed by atoms with E-state index in [1.807, 2.05) is 16.9 Å². The Morgan fingerprint density at radius 3 is 2.37 bits per heavy atom. The molecule has 2 aromatic carbocycles. The quantitative estimate of drug-likeness (QED) is 0.295. The van der Waals surface area contributed by atoms with E-state index in [0.717, 1.165) is 18.7 Å². The SMILES string of the molecule is CN=C(NCCNC(=O)c1ccc(Cl)cc1)NCCc1ccc(-n2cccn2)cc1. The lowest BCUT2D eigenvalue weighted by Crippen LogP contribution is -2.42. The number of nitrogens with one attached hydrogen (secondary N) is 3. The van der Waals surface area contributed by atoms with Crippen LogP contribution >= 0.6 is 11.6 Å². The van der Waals surface area contributed by atoms with Gasteiger partial charge in [-0.3, -0.25) is 9.79 Å². The van der Waals surface area contributed by atoms with Crippen LogP contribution in [0.3, 0.4) is 0 Å². The standard InChI is InChI=1S/C22H25ClN6O/c1-24-22(27-15-14-25-21(30)18-5-7-19(23)8-6-18)26-13-11-17-3-9-20(10-4-17)29-16-2-12-28-29/h2-10,12,16H,11,13-15H2,1H3,(H,25,30)(H2,24,26,27). The van der Waals surface area contributed by atoms with Gasteiger partial charge in [-0.1, -0.05) is 23.7 Å². The second-order valence-corrected chi connectivity index (χ2v) is 6.99. The van der Waals surface area contributed by atoms with Crippen molar-refractivity contribution < 1.29 is 4.79 Å². The summed E-state index contributed by atoms with van der Waals surface area (Å²) in [6.45, 7) is 1.80. The third-order valence-electron chi connectivity index (χ3n) is 4.44. The number of nitrogens with zero attached hydrogens (tertiary/aromatic N) is 3. The molecule has 0 aliphatic heterocycles. The number of hydrogen-bond donors (Lipinski definition) is 3. The van der Waals surface area contributed by atoms with Crippen molar-refractivity contribution in [1.29, 1.82) is 0 Å². The first-order chi connectivity index (χ1) is 14.7. The molecule has 3 aromatic rings. The summed E-state index contributed by atoms with van der Waals surface area (Å²) in [6.07, 6.45) is 4.55. The normalized spacial score (nSPS) is 11.2. The highest BCUT2D eigenvalue weighted by molar-refractivity contribution is 6.30. The maximum Gasteiger partial charge on any atom is 0.251 e. The monoisotopic (exact) mass is 424 g/mol. The second kappa shape index (κ2) is 11.0. The van der Waals surface area contributed by atoms with Gasteiger partial charge in [-0.25, -0.2) is 4.68 Å². The van der Waals surface area contributed by atoms with Crippen LogP contribution < -0.4 is 16.0 Å². The molecule has 156 valence electrons. The fourth-order valence-electron chi connectivity index (χ4n) is 2.84. The summed E-state index contributed by atoms with van der Waals surface area (Å²) in [5.74, 6) is 0.568. The fourth-order valence-corrected chi connectivity index (χ4v) is 2.97. The van der Waals surface area contributed by atoms with Crippen LogP contribution in [0.4, 0.5) is 0 Å². The van der Waals surface area contributed by atoms with E-state index in [-0.39, 0.29) is 5.91 Å². The van der Waals surface area contributed by atoms with E-state index in [1.54, 1.807) is 37.5 Å². The second-order valence-electron chi connectivity index (χ2n) is 6.56. The summed E-state index contributed by atoms with van der Waals surface area (Å²) in [6, 6.07) is 17.0. The van der Waals surface area contributed by atoms with Crippen LogP contribution in [0.25, 0.3) is 5.69 Å². The molecule has 0 aliphatic carbocycles. The molecule has 0 saturated carbocycles. The zero-order valence-electron chi connectivity index (χ0n) is 16.8. The van der Waals surface area contributed by atoms with E-state index in [4.69, 9.17) is 11.6 Å². The molecule has 0 saturated heterocycles. The van der Waals surface area contributed by atoms with Crippen LogP contribution in [0, 0.1) is 0 Å². The van der Waals surface area contributed by atoms with Crippen molar-refractivity contribution in [2.75, 3.05) is 26.7 Å². The molecule has 0 radical (unpaired) electrons. The highest BCUT2D eigenvalue weighted by atomic mass is 35.5. The summed E-state index contributed by atoms with van der Waals surface area (Å²) in [4.78, 5) is 16.3. The van der Waals surface area contributed by atoms with Crippen LogP contribution in [0.1, 0.15) is 15.9 Å². The Balaban J connectivity index is 1.34. The van der Waals surface area contributed by atoms with E-state index in [0.29, 0.717) is 29.6 Å². The van der Waals surface area contributed by atoms with Gasteiger partial charge in [-0.15, -0.1) is 0 Å². The molecule has 1 heterocycles. The lowest BCUT2D eigenvalue weighted by Gasteiger charge is -2.12. The predicted octanol–water partition coefficient (Wildman–Crippen LogP) is 2.66. The van der Waals surface area contributed by atoms with Gasteiger partial charge < -0.3 is 16.0 Å². The van der Waals surface area contributed by atoms with Crippen molar-refractivity contribution in [2.24, 2.45) is 4.99 Å². The molecule has 1 aromatic heterocycles. The first-order valence-electron chi connectivity index (χ1n) is 9.73. The minimum Gasteiger partial charge on any atom is -0.356 e. The van der Waals surface area contributed by atoms with Crippen molar-refractivity contribution >= 4 is 23.5 Å². The van der Waals surface area contributed by atoms with Crippen molar-refractivity contribution in [3.8, 4) is 5.69 Å². The number of carbonyl (C=O) groups excluding carboxylic acids is 1. The van der Waals surface area contributed by atoms with E-state index in [1.165, 1.54) is 5.56 Å². The minimum atomic E-state index is -0.130. The number of aliphatic imine (C=N–C) groups is 1. The van der Waals surface area contributed by atoms with Gasteiger partial charge in [0.25, 0.3) is 5.91 Å². The highest BCUT2D eigenvalue weighted by Gasteiger charge is 2.04. The molecule has 30 heavy (non-hydrogen) atoms. The number of rotatable bonds is 8. The molecule has 7 nitrogen and oxygen atoms in total. The topological polar surface area (TPSA) is 83.3 Å². The third kappa shape index (κ3) is 6.35. The van der Waals surface area contributed by atoms with Gasteiger partial charge in [0.1, 0.15) is 0 Å². The van der Waals surface area contributed by atoms with Gasteiger partial charge in [0.05, 0.1) is 5.69 Å². The Hall–Kier alpha value is -3.32. The molecular weight excluding hydrogens is 400 g/mol. The summed E-state index contributed by atoms with van der Waals surface area (Å²) >= 11 is 5.84. The molecule has 0 aliphatic rings. The molecule has 0 unspecified atom stereocenters. The van der Waals surface area contributed by atoms with Crippen LogP contribution in [0.15, 0.2) is 72.0 Å². The van der Waals surface area contributed by atoms with Crippen molar-refractivity contribution in [1.82, 2.24) is 25.7 Å². The Morgan fingerprint density at radius 1 is 1.00 bits per heavy atom. The maximum atomic E-state index is 12.1. The van der Waals surface area contributed by atoms with Crippen LogP contribution in [0.5, 0.6) is 0 Å². The first-order valence-corrected chi connectivity index (χ1v) is 10.1. The summed E-state index contributed by atoms with van der Waals surface area (Å²) in [5.41, 5.74) is 2.85. The van der Waals surface area contributed by atoms with Crippen LogP contribution in [-0.4, -0.2) is 48.3 Å². The van der Waals surface area contributed by atoms with Crippen LogP contribution in [-0.2, 0) is 6.42 Å². The molecule has 1 amide bonds. The molecule has 0 atom stereocenters. The fraction of sp³-hybridized carbons (Fsp3) is 0.227. The Kier molecular flexibility index (Phi) is 7.86. The molecule has 8 heteroatoms. The molecule has 0 spiro atoms. The molecule has 0 bridgehead atoms. The highest BCUT2D eigenvalue weighted by Crippen LogP contribution is 2.09. The third-order valence-corrected chi connectivity index (χ3v) is 4.70. The number of carbonyl (C=O) groups is 1. The average Bonchev–Trinajstić information content (AvgIpc) is 3.31. The lowest BCUT2D eigenvalue weighted by atomic mass is 10.1. The number of benzene rings is 2. The zero-order chi connectivity index (χ0) is 21.2. The van der Waals surface area contributed by atoms with E-state index < -0.39 is 0 Å². The average molecular weight is 425 g/mol. The molecular formula is C22H25ClN6O. The van der Waals surface area contributed by atoms with E-state index >= 15 is 0 Å². The van der Waals surface area contributed by atoms with Gasteiger partial charge in [-0.2, -0.15) is 5.10 Å². The summed E-state index contributed by atoms with van der Waals surface area (Å²) in [5, 5.41) is 14.2. The van der Waals surface area contributed by atoms with Gasteiger partial charge in [0.2, 0.25) is 0 Å². The Bertz CT molecular complexity index is 952. The number of hydrogen-bond acceptors (Lipinski definition) is 3. The van der Waals surface area contributed by atoms with Crippen molar-refractivity contribution in [2.45, 2.75) is 6.42 Å². The van der Waals surface area contributed by atoms with E-state index in [2.05, 4.69) is 50.3 Å². The van der Waals surface area contributed by atoms with E-state index in [9.17, 15) is 4.79 Å². The number of guanidine groups is 1. The minimum absolute atomic E-state index is 0.130. The summed E-state index contributed by atoms with van der Waals surface area (Å²) in [7, 11) is 1.72. The zero-order valence-corrected chi connectivity index (χ0v) is 17.6. The van der Waals surface area contributed by atoms with Crippen molar-refractivity contribution in [3.05, 3.63) is 83.1 Å². The predicted molar refractivity (Wildman–Crippen MR) is 120 cm³/mol. The van der Waals surface area contributed by atoms with Gasteiger partial charge in [0.15, 0.2) is 5.96 Å². The van der Waals surface area contributed by atoms with Gasteiger partial charge >= 0.3 is 0 Å². The molecule has 0 fully saturated rings. The van der Waals surface area contributed by atoms with Gasteiger partial charge in [0, 0.05) is 49.7 Å². The molecule has 3 rings (SSSR count). The maximum absolute atomic E-state index is 12.1. The lowest BCUT2D eigenvalue weighted by molar-refractivity contribution is 0.0954. The number of aromatic nitrogens is 2. The summed E-state index contributed by atoms with van der Waals surface area (Å²) < 4.78 is 1.83.